The minimum Gasteiger partial charge on any atom is -0.481 e. The van der Waals surface area contributed by atoms with Crippen molar-refractivity contribution in [3.8, 4) is 0 Å². The Morgan fingerprint density at radius 1 is 1.45 bits per heavy atom. The lowest BCUT2D eigenvalue weighted by Gasteiger charge is -2.33. The molecule has 22 heavy (non-hydrogen) atoms. The van der Waals surface area contributed by atoms with Gasteiger partial charge in [-0.1, -0.05) is 13.8 Å². The Labute approximate surface area is 129 Å². The lowest BCUT2D eigenvalue weighted by atomic mass is 9.85. The van der Waals surface area contributed by atoms with E-state index >= 15 is 0 Å². The summed E-state index contributed by atoms with van der Waals surface area (Å²) in [5.74, 6) is -1.33. The highest BCUT2D eigenvalue weighted by atomic mass is 16.4. The van der Waals surface area contributed by atoms with Crippen LogP contribution >= 0.6 is 0 Å². The summed E-state index contributed by atoms with van der Waals surface area (Å²) in [4.78, 5) is 27.8. The van der Waals surface area contributed by atoms with Gasteiger partial charge in [0.15, 0.2) is 0 Å². The first-order valence-electron chi connectivity index (χ1n) is 7.21. The van der Waals surface area contributed by atoms with E-state index in [2.05, 4.69) is 10.3 Å². The van der Waals surface area contributed by atoms with Gasteiger partial charge >= 0.3 is 5.97 Å². The van der Waals surface area contributed by atoms with Crippen LogP contribution in [0.1, 0.15) is 43.2 Å². The molecule has 0 aliphatic heterocycles. The van der Waals surface area contributed by atoms with Crippen molar-refractivity contribution >= 4 is 17.5 Å². The van der Waals surface area contributed by atoms with E-state index in [9.17, 15) is 9.59 Å². The average molecular weight is 303 g/mol. The van der Waals surface area contributed by atoms with E-state index in [4.69, 9.17) is 5.11 Å². The van der Waals surface area contributed by atoms with Crippen LogP contribution < -0.4 is 5.32 Å². The van der Waals surface area contributed by atoms with Gasteiger partial charge < -0.3 is 14.8 Å². The van der Waals surface area contributed by atoms with Crippen LogP contribution in [0, 0.1) is 12.8 Å². The van der Waals surface area contributed by atoms with E-state index in [0.717, 1.165) is 5.56 Å². The molecule has 2 N–H and O–H groups in total. The fourth-order valence-corrected chi connectivity index (χ4v) is 2.22. The largest absolute Gasteiger partial charge is 0.481 e. The molecule has 6 heteroatoms. The van der Waals surface area contributed by atoms with Crippen molar-refractivity contribution in [2.24, 2.45) is 5.92 Å². The van der Waals surface area contributed by atoms with Crippen LogP contribution in [0.25, 0.3) is 5.65 Å². The first kappa shape index (κ1) is 16.0. The van der Waals surface area contributed by atoms with Crippen LogP contribution in [0.3, 0.4) is 0 Å². The van der Waals surface area contributed by atoms with Crippen LogP contribution in [0.2, 0.25) is 0 Å². The third-order valence-electron chi connectivity index (χ3n) is 4.04. The number of aliphatic carboxylic acids is 1. The molecule has 0 bridgehead atoms. The van der Waals surface area contributed by atoms with Gasteiger partial charge in [0.2, 0.25) is 0 Å². The molecule has 118 valence electrons. The van der Waals surface area contributed by atoms with E-state index in [1.165, 1.54) is 0 Å². The number of nitrogens with zero attached hydrogens (tertiary/aromatic N) is 2. The molecule has 0 spiro atoms. The van der Waals surface area contributed by atoms with E-state index in [0.29, 0.717) is 5.65 Å². The highest BCUT2D eigenvalue weighted by molar-refractivity contribution is 5.93. The Kier molecular flexibility index (Phi) is 4.21. The van der Waals surface area contributed by atoms with E-state index in [1.807, 2.05) is 39.1 Å². The molecule has 0 aromatic carbocycles. The highest BCUT2D eigenvalue weighted by Crippen LogP contribution is 2.21. The number of carbonyl (C=O) groups is 2. The molecule has 1 unspecified atom stereocenters. The number of hydrogen-bond acceptors (Lipinski definition) is 3. The summed E-state index contributed by atoms with van der Waals surface area (Å²) in [7, 11) is 0. The second-order valence-corrected chi connectivity index (χ2v) is 6.19. The standard InChI is InChI=1S/C16H21N3O3/c1-10(2)16(4,8-14(20)21)18-15(22)12-9-19-6-5-11(3)7-13(19)17-12/h5-7,9-10H,8H2,1-4H3,(H,18,22)(H,20,21). The Morgan fingerprint density at radius 3 is 2.73 bits per heavy atom. The predicted octanol–water partition coefficient (Wildman–Crippen LogP) is 2.26. The highest BCUT2D eigenvalue weighted by Gasteiger charge is 2.33. The number of carboxylic acids is 1. The maximum atomic E-state index is 12.4. The molecule has 1 atom stereocenters. The molecule has 0 aliphatic carbocycles. The molecular formula is C16H21N3O3. The fraction of sp³-hybridized carbons (Fsp3) is 0.438. The SMILES string of the molecule is Cc1ccn2cc(C(=O)NC(C)(CC(=O)O)C(C)C)nc2c1. The Hall–Kier alpha value is -2.37. The van der Waals surface area contributed by atoms with E-state index in [1.54, 1.807) is 17.5 Å². The number of carboxylic acid groups (broad SMARTS) is 1. The normalized spacial score (nSPS) is 14.0. The summed E-state index contributed by atoms with van der Waals surface area (Å²) in [5.41, 5.74) is 1.20. The third-order valence-corrected chi connectivity index (χ3v) is 4.04. The van der Waals surface area contributed by atoms with Crippen molar-refractivity contribution in [2.45, 2.75) is 39.7 Å². The smallest absolute Gasteiger partial charge is 0.305 e. The topological polar surface area (TPSA) is 83.7 Å². The summed E-state index contributed by atoms with van der Waals surface area (Å²) < 4.78 is 1.77. The summed E-state index contributed by atoms with van der Waals surface area (Å²) in [5, 5.41) is 11.9. The Bertz CT molecular complexity index is 720. The zero-order chi connectivity index (χ0) is 16.5. The Morgan fingerprint density at radius 2 is 2.14 bits per heavy atom. The van der Waals surface area contributed by atoms with Gasteiger partial charge in [-0.05, 0) is 37.5 Å². The molecule has 0 aliphatic rings. The minimum absolute atomic E-state index is 0.0215. The number of imidazole rings is 1. The van der Waals surface area contributed by atoms with Gasteiger partial charge in [0.1, 0.15) is 11.3 Å². The summed E-state index contributed by atoms with van der Waals surface area (Å²) in [6.07, 6.45) is 3.35. The van der Waals surface area contributed by atoms with E-state index in [-0.39, 0.29) is 23.9 Å². The molecule has 2 aromatic rings. The second kappa shape index (κ2) is 5.79. The van der Waals surface area contributed by atoms with Crippen LogP contribution in [-0.4, -0.2) is 31.9 Å². The van der Waals surface area contributed by atoms with Gasteiger partial charge in [0.05, 0.1) is 12.0 Å². The van der Waals surface area contributed by atoms with Crippen LogP contribution in [0.4, 0.5) is 0 Å². The Balaban J connectivity index is 2.27. The maximum Gasteiger partial charge on any atom is 0.305 e. The fourth-order valence-electron chi connectivity index (χ4n) is 2.22. The summed E-state index contributed by atoms with van der Waals surface area (Å²) in [6.45, 7) is 7.47. The molecule has 2 aromatic heterocycles. The van der Waals surface area contributed by atoms with Crippen molar-refractivity contribution in [3.05, 3.63) is 35.8 Å². The number of amides is 1. The minimum atomic E-state index is -0.942. The maximum absolute atomic E-state index is 12.4. The molecule has 0 radical (unpaired) electrons. The molecular weight excluding hydrogens is 282 g/mol. The molecule has 6 nitrogen and oxygen atoms in total. The summed E-state index contributed by atoms with van der Waals surface area (Å²) >= 11 is 0. The van der Waals surface area contributed by atoms with Crippen LogP contribution in [0.5, 0.6) is 0 Å². The van der Waals surface area contributed by atoms with Gasteiger partial charge in [-0.3, -0.25) is 9.59 Å². The number of rotatable bonds is 5. The number of nitrogens with one attached hydrogen (secondary N) is 1. The number of fused-ring (bicyclic) bond motifs is 1. The molecule has 0 saturated carbocycles. The molecule has 0 fully saturated rings. The summed E-state index contributed by atoms with van der Waals surface area (Å²) in [6, 6.07) is 3.81. The van der Waals surface area contributed by atoms with Gasteiger partial charge in [0, 0.05) is 12.4 Å². The van der Waals surface area contributed by atoms with Gasteiger partial charge in [-0.15, -0.1) is 0 Å². The molecule has 1 amide bonds. The van der Waals surface area contributed by atoms with Crippen LogP contribution in [0.15, 0.2) is 24.5 Å². The number of hydrogen-bond donors (Lipinski definition) is 2. The van der Waals surface area contributed by atoms with Gasteiger partial charge in [0.25, 0.3) is 5.91 Å². The first-order valence-corrected chi connectivity index (χ1v) is 7.21. The lowest BCUT2D eigenvalue weighted by Crippen LogP contribution is -2.51. The molecule has 0 saturated heterocycles. The zero-order valence-electron chi connectivity index (χ0n) is 13.3. The molecule has 2 heterocycles. The monoisotopic (exact) mass is 303 g/mol. The zero-order valence-corrected chi connectivity index (χ0v) is 13.3. The quantitative estimate of drug-likeness (QED) is 0.887. The number of aromatic nitrogens is 2. The second-order valence-electron chi connectivity index (χ2n) is 6.19. The first-order chi connectivity index (χ1) is 10.2. The molecule has 2 rings (SSSR count). The number of aryl methyl sites for hydroxylation is 1. The van der Waals surface area contributed by atoms with Crippen molar-refractivity contribution in [2.75, 3.05) is 0 Å². The van der Waals surface area contributed by atoms with Gasteiger partial charge in [-0.2, -0.15) is 0 Å². The van der Waals surface area contributed by atoms with Crippen molar-refractivity contribution in [1.29, 1.82) is 0 Å². The van der Waals surface area contributed by atoms with Crippen LogP contribution in [-0.2, 0) is 4.79 Å². The average Bonchev–Trinajstić information content (AvgIpc) is 2.80. The van der Waals surface area contributed by atoms with E-state index < -0.39 is 11.5 Å². The lowest BCUT2D eigenvalue weighted by molar-refractivity contribution is -0.138. The number of carbonyl (C=O) groups excluding carboxylic acids is 1. The third kappa shape index (κ3) is 3.27. The van der Waals surface area contributed by atoms with Crippen molar-refractivity contribution in [1.82, 2.24) is 14.7 Å². The predicted molar refractivity (Wildman–Crippen MR) is 82.9 cm³/mol. The van der Waals surface area contributed by atoms with Crippen molar-refractivity contribution in [3.63, 3.8) is 0 Å². The van der Waals surface area contributed by atoms with Crippen molar-refractivity contribution < 1.29 is 14.7 Å². The number of pyridine rings is 1. The van der Waals surface area contributed by atoms with Gasteiger partial charge in [-0.25, -0.2) is 4.98 Å².